The van der Waals surface area contributed by atoms with E-state index in [1.807, 2.05) is 0 Å². The number of aliphatic hydroxyl groups excluding tert-OH is 2. The number of hydrogen-bond acceptors (Lipinski definition) is 17. The molecule has 0 saturated carbocycles. The average Bonchev–Trinajstić information content (AvgIpc) is 3.81. The Morgan fingerprint density at radius 2 is 2.00 bits per heavy atom. The van der Waals surface area contributed by atoms with Crippen molar-refractivity contribution in [1.29, 1.82) is 0 Å². The lowest BCUT2D eigenvalue weighted by atomic mass is 10.0. The van der Waals surface area contributed by atoms with Crippen LogP contribution >= 0.6 is 26.7 Å². The van der Waals surface area contributed by atoms with Crippen molar-refractivity contribution in [2.24, 2.45) is 0 Å². The number of thioether (sulfide) groups is 1. The maximum atomic E-state index is 12.3. The van der Waals surface area contributed by atoms with Gasteiger partial charge in [-0.1, -0.05) is 0 Å². The van der Waals surface area contributed by atoms with Gasteiger partial charge in [0.05, 0.1) is 49.5 Å². The fourth-order valence-corrected chi connectivity index (χ4v) is 9.28. The number of nitrogens with one attached hydrogen (secondary N) is 1. The highest BCUT2D eigenvalue weighted by atomic mass is 32.5. The molecule has 9 N–H and O–H groups in total. The number of pyridine rings is 1. The number of H-pyrrole nitrogens is 1. The van der Waals surface area contributed by atoms with E-state index in [9.17, 15) is 29.4 Å². The molecular formula is C22H26N9O11P2S2+. The van der Waals surface area contributed by atoms with E-state index in [1.165, 1.54) is 28.0 Å². The molecule has 4 aromatic rings. The van der Waals surface area contributed by atoms with E-state index in [-0.39, 0.29) is 23.7 Å². The van der Waals surface area contributed by atoms with Crippen LogP contribution in [-0.2, 0) is 39.4 Å². The third-order valence-electron chi connectivity index (χ3n) is 7.89. The summed E-state index contributed by atoms with van der Waals surface area (Å²) in [7, 11) is -3.13. The fourth-order valence-electron chi connectivity index (χ4n) is 5.82. The second-order valence-corrected chi connectivity index (χ2v) is 15.5. The number of aromatic amines is 1. The number of nitrogens with two attached hydrogens (primary N) is 2. The van der Waals surface area contributed by atoms with E-state index in [0.717, 1.165) is 11.8 Å². The van der Waals surface area contributed by atoms with Crippen molar-refractivity contribution < 1.29 is 47.6 Å². The summed E-state index contributed by atoms with van der Waals surface area (Å²) < 4.78 is 43.9. The van der Waals surface area contributed by atoms with Crippen LogP contribution in [-0.4, -0.2) is 109 Å². The Morgan fingerprint density at radius 3 is 2.76 bits per heavy atom. The molecule has 246 valence electrons. The second-order valence-electron chi connectivity index (χ2n) is 10.7. The van der Waals surface area contributed by atoms with Crippen molar-refractivity contribution >= 4 is 72.5 Å². The first kappa shape index (κ1) is 31.9. The molecule has 0 aromatic carbocycles. The number of fused-ring (bicyclic) bond motifs is 4. The van der Waals surface area contributed by atoms with Gasteiger partial charge in [-0.05, 0) is 17.9 Å². The van der Waals surface area contributed by atoms with E-state index in [4.69, 9.17) is 46.3 Å². The van der Waals surface area contributed by atoms with Gasteiger partial charge in [-0.2, -0.15) is 4.98 Å². The fraction of sp³-hybridized carbons (Fsp3) is 0.500. The third-order valence-corrected chi connectivity index (χ3v) is 11.4. The molecule has 24 heteroatoms. The molecule has 2 bridgehead atoms. The largest absolute Gasteiger partial charge is 0.695 e. The van der Waals surface area contributed by atoms with Gasteiger partial charge in [0.25, 0.3) is 5.56 Å². The molecule has 3 aliphatic heterocycles. The van der Waals surface area contributed by atoms with Crippen molar-refractivity contribution in [2.75, 3.05) is 31.3 Å². The molecule has 3 fully saturated rings. The normalized spacial score (nSPS) is 32.4. The Hall–Kier alpha value is -2.69. The van der Waals surface area contributed by atoms with Gasteiger partial charge in [0.2, 0.25) is 5.95 Å². The Bertz CT molecular complexity index is 1950. The molecule has 7 heterocycles. The number of hydrogen-bond donors (Lipinski definition) is 7. The predicted octanol–water partition coefficient (Wildman–Crippen LogP) is -0.984. The van der Waals surface area contributed by atoms with Crippen LogP contribution < -0.4 is 17.0 Å². The van der Waals surface area contributed by atoms with Gasteiger partial charge >= 0.3 is 15.0 Å². The number of nitrogen functional groups attached to an aromatic ring is 2. The predicted molar refractivity (Wildman–Crippen MR) is 163 cm³/mol. The van der Waals surface area contributed by atoms with Crippen LogP contribution in [0.15, 0.2) is 29.7 Å². The molecule has 2 unspecified atom stereocenters. The van der Waals surface area contributed by atoms with Crippen LogP contribution in [0, 0.1) is 0 Å². The first-order chi connectivity index (χ1) is 21.9. The Balaban J connectivity index is 1.14. The van der Waals surface area contributed by atoms with Gasteiger partial charge in [0.15, 0.2) is 34.7 Å². The van der Waals surface area contributed by atoms with E-state index in [1.54, 1.807) is 6.07 Å². The summed E-state index contributed by atoms with van der Waals surface area (Å²) in [5.74, 6) is -0.176. The Morgan fingerprint density at radius 1 is 1.24 bits per heavy atom. The molecule has 4 aromatic heterocycles. The van der Waals surface area contributed by atoms with Gasteiger partial charge in [0, 0.05) is 10.8 Å². The number of nitrogens with zero attached hydrogens (tertiary/aromatic N) is 6. The van der Waals surface area contributed by atoms with E-state index in [0.29, 0.717) is 16.9 Å². The molecule has 0 spiro atoms. The van der Waals surface area contributed by atoms with E-state index >= 15 is 0 Å². The smallest absolute Gasteiger partial charge is 0.397 e. The number of aromatic nitrogens is 7. The van der Waals surface area contributed by atoms with Crippen molar-refractivity contribution in [3.63, 3.8) is 0 Å². The number of imidazole rings is 2. The summed E-state index contributed by atoms with van der Waals surface area (Å²) in [5.41, 5.74) is 10.8. The van der Waals surface area contributed by atoms with Gasteiger partial charge in [-0.15, -0.1) is 21.2 Å². The zero-order valence-corrected chi connectivity index (χ0v) is 26.6. The molecule has 20 nitrogen and oxygen atoms in total. The molecule has 10 atom stereocenters. The third kappa shape index (κ3) is 5.32. The van der Waals surface area contributed by atoms with Crippen LogP contribution in [0.4, 0.5) is 11.6 Å². The molecule has 46 heavy (non-hydrogen) atoms. The summed E-state index contributed by atoms with van der Waals surface area (Å²) in [6, 6.07) is 1.58. The molecule has 3 aliphatic rings. The molecule has 3 saturated heterocycles. The van der Waals surface area contributed by atoms with Crippen molar-refractivity contribution in [3.8, 4) is 0 Å². The lowest BCUT2D eigenvalue weighted by molar-refractivity contribution is -0.183. The monoisotopic (exact) mass is 718 g/mol. The maximum absolute atomic E-state index is 12.3. The highest BCUT2D eigenvalue weighted by Crippen LogP contribution is 2.56. The Labute approximate surface area is 267 Å². The zero-order chi connectivity index (χ0) is 32.5. The Kier molecular flexibility index (Phi) is 8.16. The highest BCUT2D eigenvalue weighted by Gasteiger charge is 2.67. The van der Waals surface area contributed by atoms with Gasteiger partial charge < -0.3 is 40.6 Å². The number of rotatable bonds is 10. The summed E-state index contributed by atoms with van der Waals surface area (Å²) in [6.07, 6.45) is -1.47. The number of anilines is 2. The lowest BCUT2D eigenvalue weighted by Crippen LogP contribution is -2.45. The molecule has 0 radical (unpaired) electrons. The van der Waals surface area contributed by atoms with Crippen molar-refractivity contribution in [1.82, 2.24) is 34.1 Å². The van der Waals surface area contributed by atoms with E-state index < -0.39 is 80.6 Å². The number of ether oxygens (including phenoxy) is 2. The van der Waals surface area contributed by atoms with Crippen molar-refractivity contribution in [2.45, 2.75) is 46.9 Å². The van der Waals surface area contributed by atoms with Gasteiger partial charge in [0.1, 0.15) is 23.1 Å². The van der Waals surface area contributed by atoms with Crippen LogP contribution in [0.1, 0.15) is 11.6 Å². The van der Waals surface area contributed by atoms with Gasteiger partial charge in [-0.25, -0.2) is 15.0 Å². The van der Waals surface area contributed by atoms with Crippen LogP contribution in [0.2, 0.25) is 0 Å². The van der Waals surface area contributed by atoms with Crippen LogP contribution in [0.25, 0.3) is 22.3 Å². The standard InChI is InChI=1S/C22H25N9O11P2S2/c23-8-1-2-25-16-10(8)26-6-30(16)19-14-15(41-43(35)36)22(40-19,4-38-14)5-39-44(37,45)42-13-12(33)9(3-32)46-20(13)31-7-27-11-17(31)28-21(24)29-18(11)34/h1-2,6-7,9,12-15,19-20,32-33H,3-5H2,(H6-,23,24,25,28,29,34,35,36,37,45)/p+1/t9-,12-,13-,14-,15+,19-,20-,22-,44?/m1/s1. The van der Waals surface area contributed by atoms with Gasteiger partial charge in [-0.3, -0.25) is 23.4 Å². The average molecular weight is 719 g/mol. The topological polar surface area (TPSA) is 290 Å². The minimum atomic E-state index is -4.25. The zero-order valence-electron chi connectivity index (χ0n) is 23.2. The van der Waals surface area contributed by atoms with Crippen molar-refractivity contribution in [3.05, 3.63) is 35.3 Å². The van der Waals surface area contributed by atoms with Crippen LogP contribution in [0.3, 0.4) is 0 Å². The first-order valence-corrected chi connectivity index (χ1v) is 18.1. The SMILES string of the molecule is Nc1nc2c(ncn2[C@@H]2S[C@H](CO)[C@@H](O)[C@H]2OP(O)(=S)OC[C@@]23CO[C@@H]([C@H](n4cnc5c(N)ccnc54)O2)[C@@H]3O[P+](=O)O)c(=O)[nH]1. The van der Waals surface area contributed by atoms with Crippen LogP contribution in [0.5, 0.6) is 0 Å². The lowest BCUT2D eigenvalue weighted by Gasteiger charge is -2.32. The maximum Gasteiger partial charge on any atom is 0.695 e. The number of aliphatic hydroxyl groups is 2. The second kappa shape index (κ2) is 11.8. The summed E-state index contributed by atoms with van der Waals surface area (Å²) >= 11 is 6.40. The minimum absolute atomic E-state index is 0.0326. The molecule has 0 aliphatic carbocycles. The first-order valence-electron chi connectivity index (χ1n) is 13.4. The van der Waals surface area contributed by atoms with E-state index in [2.05, 4.69) is 24.9 Å². The quantitative estimate of drug-likeness (QED) is 0.0969. The summed E-state index contributed by atoms with van der Waals surface area (Å²) in [6.45, 7) is -5.40. The molecular weight excluding hydrogens is 692 g/mol. The summed E-state index contributed by atoms with van der Waals surface area (Å²) in [4.78, 5) is 52.4. The minimum Gasteiger partial charge on any atom is -0.397 e. The highest BCUT2D eigenvalue weighted by molar-refractivity contribution is 8.07. The molecule has 7 rings (SSSR count). The molecule has 0 amide bonds. The summed E-state index contributed by atoms with van der Waals surface area (Å²) in [5, 5.41) is 19.3.